The second-order valence-electron chi connectivity index (χ2n) is 9.64. The SMILES string of the molecule is COc1ncc(-c2cc(-c3nnc(CN4CCOC(C)(C)C4)o3)c3cn[nH]c3c2)cc1CS(C)(=O)=O. The predicted molar refractivity (Wildman–Crippen MR) is 133 cm³/mol. The molecular weight excluding hydrogens is 484 g/mol. The Bertz CT molecular complexity index is 1510. The van der Waals surface area contributed by atoms with E-state index in [1.54, 1.807) is 18.5 Å². The van der Waals surface area contributed by atoms with Crippen LogP contribution in [0.1, 0.15) is 25.3 Å². The van der Waals surface area contributed by atoms with E-state index in [0.717, 1.165) is 40.7 Å². The number of hydrogen-bond acceptors (Lipinski definition) is 10. The number of H-pyrrole nitrogens is 1. The number of fused-ring (bicyclic) bond motifs is 1. The van der Waals surface area contributed by atoms with Crippen molar-refractivity contribution in [3.05, 3.63) is 42.0 Å². The summed E-state index contributed by atoms with van der Waals surface area (Å²) in [6, 6.07) is 5.61. The van der Waals surface area contributed by atoms with Gasteiger partial charge in [-0.2, -0.15) is 5.10 Å². The molecule has 0 unspecified atom stereocenters. The largest absolute Gasteiger partial charge is 0.481 e. The second kappa shape index (κ2) is 9.26. The van der Waals surface area contributed by atoms with Gasteiger partial charge in [-0.15, -0.1) is 10.2 Å². The van der Waals surface area contributed by atoms with Gasteiger partial charge in [-0.3, -0.25) is 10.00 Å². The van der Waals surface area contributed by atoms with Crippen molar-refractivity contribution in [2.75, 3.05) is 33.1 Å². The first-order valence-electron chi connectivity index (χ1n) is 11.5. The Kier molecular flexibility index (Phi) is 6.27. The van der Waals surface area contributed by atoms with Gasteiger partial charge in [0.25, 0.3) is 0 Å². The Hall–Kier alpha value is -3.35. The summed E-state index contributed by atoms with van der Waals surface area (Å²) in [5.74, 6) is 0.997. The van der Waals surface area contributed by atoms with Crippen molar-refractivity contribution in [1.82, 2.24) is 30.3 Å². The Morgan fingerprint density at radius 1 is 1.17 bits per heavy atom. The van der Waals surface area contributed by atoms with Crippen molar-refractivity contribution in [3.8, 4) is 28.5 Å². The van der Waals surface area contributed by atoms with Crippen molar-refractivity contribution >= 4 is 20.7 Å². The van der Waals surface area contributed by atoms with Gasteiger partial charge in [0.2, 0.25) is 17.7 Å². The molecule has 0 atom stereocenters. The van der Waals surface area contributed by atoms with Gasteiger partial charge in [0, 0.05) is 42.1 Å². The fourth-order valence-electron chi connectivity index (χ4n) is 4.49. The average Bonchev–Trinajstić information content (AvgIpc) is 3.46. The molecule has 11 nitrogen and oxygen atoms in total. The van der Waals surface area contributed by atoms with Crippen LogP contribution in [0.4, 0.5) is 0 Å². The molecule has 1 aliphatic heterocycles. The topological polar surface area (TPSA) is 136 Å². The number of nitrogens with one attached hydrogen (secondary N) is 1. The van der Waals surface area contributed by atoms with Crippen molar-refractivity contribution in [2.45, 2.75) is 31.7 Å². The zero-order chi connectivity index (χ0) is 25.5. The number of aromatic amines is 1. The minimum absolute atomic E-state index is 0.179. The number of methoxy groups -OCH3 is 1. The number of rotatable bonds is 7. The molecule has 0 aliphatic carbocycles. The van der Waals surface area contributed by atoms with Gasteiger partial charge >= 0.3 is 0 Å². The summed E-state index contributed by atoms with van der Waals surface area (Å²) in [4.78, 5) is 6.56. The van der Waals surface area contributed by atoms with E-state index in [1.165, 1.54) is 13.4 Å². The third-order valence-corrected chi connectivity index (χ3v) is 6.82. The van der Waals surface area contributed by atoms with E-state index < -0.39 is 9.84 Å². The van der Waals surface area contributed by atoms with Crippen LogP contribution in [0.25, 0.3) is 33.5 Å². The summed E-state index contributed by atoms with van der Waals surface area (Å²) >= 11 is 0. The molecule has 36 heavy (non-hydrogen) atoms. The molecule has 1 aliphatic rings. The first-order chi connectivity index (χ1) is 17.1. The van der Waals surface area contributed by atoms with E-state index in [-0.39, 0.29) is 17.2 Å². The van der Waals surface area contributed by atoms with E-state index in [9.17, 15) is 8.42 Å². The highest BCUT2D eigenvalue weighted by molar-refractivity contribution is 7.89. The molecule has 0 radical (unpaired) electrons. The van der Waals surface area contributed by atoms with E-state index in [0.29, 0.717) is 30.5 Å². The second-order valence-corrected chi connectivity index (χ2v) is 11.8. The molecule has 12 heteroatoms. The number of sulfone groups is 1. The maximum Gasteiger partial charge on any atom is 0.248 e. The zero-order valence-electron chi connectivity index (χ0n) is 20.6. The van der Waals surface area contributed by atoms with E-state index >= 15 is 0 Å². The summed E-state index contributed by atoms with van der Waals surface area (Å²) in [5.41, 5.74) is 3.28. The molecule has 190 valence electrons. The Morgan fingerprint density at radius 3 is 2.75 bits per heavy atom. The summed E-state index contributed by atoms with van der Waals surface area (Å²) in [5, 5.41) is 16.6. The normalized spacial score (nSPS) is 16.4. The first-order valence-corrected chi connectivity index (χ1v) is 13.5. The van der Waals surface area contributed by atoms with Gasteiger partial charge < -0.3 is 13.9 Å². The van der Waals surface area contributed by atoms with E-state index in [2.05, 4.69) is 44.1 Å². The highest BCUT2D eigenvalue weighted by Crippen LogP contribution is 2.34. The van der Waals surface area contributed by atoms with E-state index in [4.69, 9.17) is 13.9 Å². The molecule has 1 aromatic carbocycles. The molecule has 1 N–H and O–H groups in total. The van der Waals surface area contributed by atoms with Gasteiger partial charge in [0.05, 0.1) is 48.9 Å². The number of hydrogen-bond donors (Lipinski definition) is 1. The summed E-state index contributed by atoms with van der Waals surface area (Å²) in [7, 11) is -1.82. The van der Waals surface area contributed by atoms with Gasteiger partial charge in [-0.25, -0.2) is 13.4 Å². The summed E-state index contributed by atoms with van der Waals surface area (Å²) in [6.45, 7) is 6.88. The smallest absolute Gasteiger partial charge is 0.248 e. The molecule has 4 aromatic rings. The van der Waals surface area contributed by atoms with Gasteiger partial charge in [-0.1, -0.05) is 0 Å². The van der Waals surface area contributed by atoms with Crippen LogP contribution in [0.5, 0.6) is 5.88 Å². The van der Waals surface area contributed by atoms with E-state index in [1.807, 2.05) is 12.1 Å². The number of aromatic nitrogens is 5. The lowest BCUT2D eigenvalue weighted by Gasteiger charge is -2.37. The molecule has 1 saturated heterocycles. The number of benzene rings is 1. The zero-order valence-corrected chi connectivity index (χ0v) is 21.4. The monoisotopic (exact) mass is 512 g/mol. The molecule has 0 amide bonds. The third-order valence-electron chi connectivity index (χ3n) is 5.99. The Balaban J connectivity index is 1.50. The fraction of sp³-hybridized carbons (Fsp3) is 0.417. The Morgan fingerprint density at radius 2 is 2.00 bits per heavy atom. The van der Waals surface area contributed by atoms with Gasteiger partial charge in [0.15, 0.2) is 9.84 Å². The highest BCUT2D eigenvalue weighted by atomic mass is 32.2. The standard InChI is InChI=1S/C24H28N6O5S/c1-24(2)14-30(5-6-34-24)12-21-28-29-23(35-21)18-8-15(9-20-19(18)11-26-27-20)16-7-17(13-36(4,31)32)22(33-3)25-10-16/h7-11H,5-6,12-14H2,1-4H3,(H,26,27). The summed E-state index contributed by atoms with van der Waals surface area (Å²) < 4.78 is 41.0. The maximum absolute atomic E-state index is 11.9. The molecule has 0 bridgehead atoms. The Labute approximate surface area is 208 Å². The van der Waals surface area contributed by atoms with Crippen LogP contribution < -0.4 is 4.74 Å². The predicted octanol–water partition coefficient (Wildman–Crippen LogP) is 2.84. The van der Waals surface area contributed by atoms with Crippen LogP contribution >= 0.6 is 0 Å². The van der Waals surface area contributed by atoms with Crippen molar-refractivity contribution < 1.29 is 22.3 Å². The van der Waals surface area contributed by atoms with Crippen molar-refractivity contribution in [2.24, 2.45) is 0 Å². The lowest BCUT2D eigenvalue weighted by molar-refractivity contribution is -0.0897. The molecule has 0 saturated carbocycles. The number of ether oxygens (including phenoxy) is 2. The molecule has 3 aromatic heterocycles. The lowest BCUT2D eigenvalue weighted by Crippen LogP contribution is -2.47. The minimum atomic E-state index is -3.28. The highest BCUT2D eigenvalue weighted by Gasteiger charge is 2.28. The third kappa shape index (κ3) is 5.25. The van der Waals surface area contributed by atoms with Crippen LogP contribution in [0.2, 0.25) is 0 Å². The van der Waals surface area contributed by atoms with Crippen LogP contribution in [-0.4, -0.2) is 77.4 Å². The van der Waals surface area contributed by atoms with Crippen molar-refractivity contribution in [3.63, 3.8) is 0 Å². The molecule has 4 heterocycles. The van der Waals surface area contributed by atoms with Crippen LogP contribution in [0.3, 0.4) is 0 Å². The molecular formula is C24H28N6O5S. The number of morpholine rings is 1. The van der Waals surface area contributed by atoms with Gasteiger partial charge in [0.1, 0.15) is 0 Å². The first kappa shape index (κ1) is 24.3. The maximum atomic E-state index is 11.9. The minimum Gasteiger partial charge on any atom is -0.481 e. The van der Waals surface area contributed by atoms with Crippen LogP contribution in [-0.2, 0) is 26.9 Å². The number of pyridine rings is 1. The summed E-state index contributed by atoms with van der Waals surface area (Å²) in [6.07, 6.45) is 4.54. The van der Waals surface area contributed by atoms with Crippen LogP contribution in [0, 0.1) is 0 Å². The average molecular weight is 513 g/mol. The molecule has 5 rings (SSSR count). The lowest BCUT2D eigenvalue weighted by atomic mass is 10.0. The molecule has 0 spiro atoms. The van der Waals surface area contributed by atoms with Crippen molar-refractivity contribution in [1.29, 1.82) is 0 Å². The fourth-order valence-corrected chi connectivity index (χ4v) is 5.26. The quantitative estimate of drug-likeness (QED) is 0.393. The van der Waals surface area contributed by atoms with Gasteiger partial charge in [-0.05, 0) is 37.6 Å². The van der Waals surface area contributed by atoms with Crippen LogP contribution in [0.15, 0.2) is 35.0 Å². The number of nitrogens with zero attached hydrogens (tertiary/aromatic N) is 5. The molecule has 1 fully saturated rings.